The van der Waals surface area contributed by atoms with Gasteiger partial charge in [0.05, 0.1) is 7.11 Å². The summed E-state index contributed by atoms with van der Waals surface area (Å²) in [6, 6.07) is 8.29. The van der Waals surface area contributed by atoms with Crippen molar-refractivity contribution in [2.45, 2.75) is 31.9 Å². The summed E-state index contributed by atoms with van der Waals surface area (Å²) in [6.07, 6.45) is 0.0246. The molecule has 22 heavy (non-hydrogen) atoms. The molecule has 1 rings (SSSR count). The van der Waals surface area contributed by atoms with Gasteiger partial charge in [0.1, 0.15) is 12.6 Å². The van der Waals surface area contributed by atoms with E-state index in [-0.39, 0.29) is 19.4 Å². The van der Waals surface area contributed by atoms with Gasteiger partial charge in [0.2, 0.25) is 5.91 Å². The van der Waals surface area contributed by atoms with E-state index in [4.69, 9.17) is 10.5 Å². The minimum absolute atomic E-state index is 0.0991. The Labute approximate surface area is 128 Å². The van der Waals surface area contributed by atoms with Gasteiger partial charge in [-0.15, -0.1) is 0 Å². The van der Waals surface area contributed by atoms with E-state index in [9.17, 15) is 14.4 Å². The third kappa shape index (κ3) is 6.74. The molecule has 120 valence electrons. The lowest BCUT2D eigenvalue weighted by Crippen LogP contribution is -2.41. The maximum Gasteiger partial charge on any atom is 0.408 e. The molecule has 0 saturated carbocycles. The number of esters is 1. The van der Waals surface area contributed by atoms with E-state index in [1.807, 2.05) is 30.3 Å². The standard InChI is InChI=1S/C15H20N2O5/c1-21-14(19)12(8-5-9-13(16)18)17-15(20)22-10-11-6-3-2-4-7-11/h2-4,6-7,12H,5,8-10H2,1H3,(H2,16,18)(H,17,20)/t12-/m0/s1. The highest BCUT2D eigenvalue weighted by atomic mass is 16.6. The lowest BCUT2D eigenvalue weighted by Gasteiger charge is -2.16. The Balaban J connectivity index is 2.44. The zero-order chi connectivity index (χ0) is 16.4. The Hall–Kier alpha value is -2.57. The van der Waals surface area contributed by atoms with Crippen molar-refractivity contribution in [1.82, 2.24) is 5.32 Å². The van der Waals surface area contributed by atoms with Crippen molar-refractivity contribution in [3.8, 4) is 0 Å². The van der Waals surface area contributed by atoms with E-state index >= 15 is 0 Å². The van der Waals surface area contributed by atoms with Crippen LogP contribution in [0.2, 0.25) is 0 Å². The molecule has 7 heteroatoms. The number of primary amides is 1. The van der Waals surface area contributed by atoms with E-state index in [0.29, 0.717) is 6.42 Å². The van der Waals surface area contributed by atoms with Gasteiger partial charge in [-0.25, -0.2) is 9.59 Å². The van der Waals surface area contributed by atoms with Gasteiger partial charge >= 0.3 is 12.1 Å². The van der Waals surface area contributed by atoms with Crippen LogP contribution >= 0.6 is 0 Å². The van der Waals surface area contributed by atoms with E-state index in [0.717, 1.165) is 5.56 Å². The van der Waals surface area contributed by atoms with Gasteiger partial charge in [0.25, 0.3) is 0 Å². The highest BCUT2D eigenvalue weighted by Gasteiger charge is 2.22. The summed E-state index contributed by atoms with van der Waals surface area (Å²) in [7, 11) is 1.22. The highest BCUT2D eigenvalue weighted by Crippen LogP contribution is 2.05. The van der Waals surface area contributed by atoms with Gasteiger partial charge in [-0.2, -0.15) is 0 Å². The fourth-order valence-corrected chi connectivity index (χ4v) is 1.78. The predicted octanol–water partition coefficient (Wildman–Crippen LogP) is 1.11. The number of ether oxygens (including phenoxy) is 2. The highest BCUT2D eigenvalue weighted by molar-refractivity contribution is 5.81. The summed E-state index contributed by atoms with van der Waals surface area (Å²) in [5.74, 6) is -1.06. The molecule has 0 radical (unpaired) electrons. The molecule has 0 spiro atoms. The Morgan fingerprint density at radius 3 is 2.50 bits per heavy atom. The van der Waals surface area contributed by atoms with Crippen molar-refractivity contribution in [2.24, 2.45) is 5.73 Å². The third-order valence-corrected chi connectivity index (χ3v) is 2.91. The normalized spacial score (nSPS) is 11.3. The Morgan fingerprint density at radius 2 is 1.91 bits per heavy atom. The summed E-state index contributed by atoms with van der Waals surface area (Å²) in [6.45, 7) is 0.0991. The third-order valence-electron chi connectivity index (χ3n) is 2.91. The molecule has 0 unspecified atom stereocenters. The second-order valence-corrected chi connectivity index (χ2v) is 4.64. The zero-order valence-electron chi connectivity index (χ0n) is 12.4. The Kier molecular flexibility index (Phi) is 7.45. The fourth-order valence-electron chi connectivity index (χ4n) is 1.78. The molecule has 0 heterocycles. The van der Waals surface area contributed by atoms with Gasteiger partial charge in [-0.1, -0.05) is 30.3 Å². The van der Waals surface area contributed by atoms with Crippen LogP contribution in [0.1, 0.15) is 24.8 Å². The number of nitrogens with one attached hydrogen (secondary N) is 1. The molecular formula is C15H20N2O5. The van der Waals surface area contributed by atoms with Crippen molar-refractivity contribution in [2.75, 3.05) is 7.11 Å². The number of rotatable bonds is 8. The SMILES string of the molecule is COC(=O)[C@H](CCCC(N)=O)NC(=O)OCc1ccccc1. The van der Waals surface area contributed by atoms with Crippen LogP contribution in [-0.2, 0) is 25.7 Å². The summed E-state index contributed by atoms with van der Waals surface area (Å²) in [4.78, 5) is 34.0. The summed E-state index contributed by atoms with van der Waals surface area (Å²) >= 11 is 0. The van der Waals surface area contributed by atoms with E-state index < -0.39 is 24.0 Å². The largest absolute Gasteiger partial charge is 0.467 e. The van der Waals surface area contributed by atoms with Crippen LogP contribution in [0.5, 0.6) is 0 Å². The molecular weight excluding hydrogens is 288 g/mol. The number of hydrogen-bond acceptors (Lipinski definition) is 5. The first-order chi connectivity index (χ1) is 10.5. The molecule has 1 aromatic carbocycles. The maximum absolute atomic E-state index is 11.7. The van der Waals surface area contributed by atoms with Gasteiger partial charge in [0.15, 0.2) is 0 Å². The first-order valence-electron chi connectivity index (χ1n) is 6.86. The number of amides is 2. The van der Waals surface area contributed by atoms with Gasteiger partial charge in [-0.05, 0) is 18.4 Å². The molecule has 0 bridgehead atoms. The van der Waals surface area contributed by atoms with Crippen molar-refractivity contribution in [3.63, 3.8) is 0 Å². The number of alkyl carbamates (subject to hydrolysis) is 1. The molecule has 2 amide bonds. The topological polar surface area (TPSA) is 108 Å². The first-order valence-corrected chi connectivity index (χ1v) is 6.86. The quantitative estimate of drug-likeness (QED) is 0.699. The average Bonchev–Trinajstić information content (AvgIpc) is 2.52. The van der Waals surface area contributed by atoms with Crippen molar-refractivity contribution in [3.05, 3.63) is 35.9 Å². The van der Waals surface area contributed by atoms with Crippen LogP contribution in [0.3, 0.4) is 0 Å². The number of methoxy groups -OCH3 is 1. The Morgan fingerprint density at radius 1 is 1.23 bits per heavy atom. The summed E-state index contributed by atoms with van der Waals surface area (Å²) in [5, 5.41) is 2.42. The molecule has 0 aromatic heterocycles. The number of benzene rings is 1. The van der Waals surface area contributed by atoms with E-state index in [2.05, 4.69) is 10.1 Å². The average molecular weight is 308 g/mol. The molecule has 0 saturated heterocycles. The summed E-state index contributed by atoms with van der Waals surface area (Å²) < 4.78 is 9.64. The smallest absolute Gasteiger partial charge is 0.408 e. The van der Waals surface area contributed by atoms with Crippen molar-refractivity contribution < 1.29 is 23.9 Å². The predicted molar refractivity (Wildman–Crippen MR) is 78.6 cm³/mol. The number of hydrogen-bond donors (Lipinski definition) is 2. The molecule has 1 aromatic rings. The molecule has 3 N–H and O–H groups in total. The van der Waals surface area contributed by atoms with Crippen molar-refractivity contribution >= 4 is 18.0 Å². The monoisotopic (exact) mass is 308 g/mol. The van der Waals surface area contributed by atoms with Gasteiger partial charge in [0, 0.05) is 6.42 Å². The van der Waals surface area contributed by atoms with Gasteiger partial charge < -0.3 is 20.5 Å². The molecule has 1 atom stereocenters. The van der Waals surface area contributed by atoms with Gasteiger partial charge in [-0.3, -0.25) is 4.79 Å². The first kappa shape index (κ1) is 17.5. The second kappa shape index (κ2) is 9.38. The molecule has 0 aliphatic heterocycles. The summed E-state index contributed by atoms with van der Waals surface area (Å²) in [5.41, 5.74) is 5.87. The van der Waals surface area contributed by atoms with Crippen LogP contribution in [0.15, 0.2) is 30.3 Å². The van der Waals surface area contributed by atoms with Crippen LogP contribution in [0, 0.1) is 0 Å². The van der Waals surface area contributed by atoms with Crippen molar-refractivity contribution in [1.29, 1.82) is 0 Å². The van der Waals surface area contributed by atoms with E-state index in [1.54, 1.807) is 0 Å². The lowest BCUT2D eigenvalue weighted by molar-refractivity contribution is -0.143. The fraction of sp³-hybridized carbons (Fsp3) is 0.400. The molecule has 0 aliphatic rings. The molecule has 7 nitrogen and oxygen atoms in total. The molecule has 0 fully saturated rings. The lowest BCUT2D eigenvalue weighted by atomic mass is 10.1. The van der Waals surface area contributed by atoms with E-state index in [1.165, 1.54) is 7.11 Å². The number of nitrogens with two attached hydrogens (primary N) is 1. The molecule has 0 aliphatic carbocycles. The zero-order valence-corrected chi connectivity index (χ0v) is 12.4. The number of carbonyl (C=O) groups is 3. The maximum atomic E-state index is 11.7. The Bertz CT molecular complexity index is 504. The van der Waals surface area contributed by atoms with Crippen LogP contribution < -0.4 is 11.1 Å². The minimum Gasteiger partial charge on any atom is -0.467 e. The minimum atomic E-state index is -0.868. The van der Waals surface area contributed by atoms with Crippen LogP contribution in [0.4, 0.5) is 4.79 Å². The number of carbonyl (C=O) groups excluding carboxylic acids is 3. The van der Waals surface area contributed by atoms with Crippen LogP contribution in [-0.4, -0.2) is 31.1 Å². The van der Waals surface area contributed by atoms with Crippen LogP contribution in [0.25, 0.3) is 0 Å². The second-order valence-electron chi connectivity index (χ2n) is 4.64.